The highest BCUT2D eigenvalue weighted by Crippen LogP contribution is 2.02. The van der Waals surface area contributed by atoms with E-state index < -0.39 is 0 Å². The standard InChI is InChI=1S/C22H24N2/c1-3-7-19(8-4-1)15-23-17-21-11-13-22(14-12-21)18-24-16-20-9-5-2-6-10-20/h1-14,23-24H,15-18H2/p+2. The molecular formula is C22H26N2+2. The summed E-state index contributed by atoms with van der Waals surface area (Å²) in [5.74, 6) is 0. The zero-order valence-corrected chi connectivity index (χ0v) is 14.1. The third-order valence-electron chi connectivity index (χ3n) is 4.23. The summed E-state index contributed by atoms with van der Waals surface area (Å²) in [4.78, 5) is 0. The number of quaternary nitrogens is 2. The van der Waals surface area contributed by atoms with E-state index in [0.717, 1.165) is 26.2 Å². The average molecular weight is 318 g/mol. The third-order valence-corrected chi connectivity index (χ3v) is 4.23. The lowest BCUT2D eigenvalue weighted by molar-refractivity contribution is -0.686. The van der Waals surface area contributed by atoms with E-state index in [1.807, 2.05) is 0 Å². The second-order valence-corrected chi connectivity index (χ2v) is 6.18. The molecule has 0 bridgehead atoms. The van der Waals surface area contributed by atoms with Crippen molar-refractivity contribution in [3.63, 3.8) is 0 Å². The van der Waals surface area contributed by atoms with Gasteiger partial charge in [-0.3, -0.25) is 0 Å². The van der Waals surface area contributed by atoms with Gasteiger partial charge >= 0.3 is 0 Å². The molecule has 0 amide bonds. The maximum Gasteiger partial charge on any atom is 0.101 e. The zero-order valence-electron chi connectivity index (χ0n) is 14.1. The van der Waals surface area contributed by atoms with Crippen LogP contribution in [0.4, 0.5) is 0 Å². The SMILES string of the molecule is c1ccc(C[NH2+]Cc2ccc(C[NH2+]Cc3ccccc3)cc2)cc1. The summed E-state index contributed by atoms with van der Waals surface area (Å²) >= 11 is 0. The number of hydrogen-bond acceptors (Lipinski definition) is 0. The van der Waals surface area contributed by atoms with Crippen molar-refractivity contribution in [3.8, 4) is 0 Å². The topological polar surface area (TPSA) is 33.2 Å². The van der Waals surface area contributed by atoms with Gasteiger partial charge in [0.05, 0.1) is 0 Å². The number of hydrogen-bond donors (Lipinski definition) is 2. The lowest BCUT2D eigenvalue weighted by atomic mass is 10.1. The predicted octanol–water partition coefficient (Wildman–Crippen LogP) is 2.21. The van der Waals surface area contributed by atoms with E-state index in [1.165, 1.54) is 22.3 Å². The molecule has 0 radical (unpaired) electrons. The van der Waals surface area contributed by atoms with Gasteiger partial charge in [-0.25, -0.2) is 0 Å². The molecule has 0 fully saturated rings. The Morgan fingerprint density at radius 3 is 1.00 bits per heavy atom. The molecule has 4 N–H and O–H groups in total. The van der Waals surface area contributed by atoms with E-state index in [-0.39, 0.29) is 0 Å². The van der Waals surface area contributed by atoms with Gasteiger partial charge in [0.1, 0.15) is 26.2 Å². The lowest BCUT2D eigenvalue weighted by Crippen LogP contribution is -2.81. The van der Waals surface area contributed by atoms with E-state index in [4.69, 9.17) is 0 Å². The molecule has 0 aromatic heterocycles. The lowest BCUT2D eigenvalue weighted by Gasteiger charge is -2.05. The maximum absolute atomic E-state index is 2.35. The molecule has 3 rings (SSSR count). The minimum Gasteiger partial charge on any atom is -0.339 e. The summed E-state index contributed by atoms with van der Waals surface area (Å²) in [6.45, 7) is 4.13. The Hall–Kier alpha value is -2.42. The van der Waals surface area contributed by atoms with Gasteiger partial charge in [0.2, 0.25) is 0 Å². The molecule has 0 atom stereocenters. The van der Waals surface area contributed by atoms with Crippen molar-refractivity contribution in [2.75, 3.05) is 0 Å². The molecule has 2 nitrogen and oxygen atoms in total. The average Bonchev–Trinajstić information content (AvgIpc) is 2.65. The van der Waals surface area contributed by atoms with Crippen molar-refractivity contribution in [1.29, 1.82) is 0 Å². The first-order valence-electron chi connectivity index (χ1n) is 8.69. The van der Waals surface area contributed by atoms with Crippen molar-refractivity contribution in [1.82, 2.24) is 0 Å². The van der Waals surface area contributed by atoms with Crippen LogP contribution in [0.5, 0.6) is 0 Å². The molecule has 0 heterocycles. The molecule has 0 aliphatic heterocycles. The van der Waals surface area contributed by atoms with E-state index in [1.54, 1.807) is 0 Å². The van der Waals surface area contributed by atoms with Crippen LogP contribution in [0.25, 0.3) is 0 Å². The molecule has 3 aromatic rings. The molecule has 0 spiro atoms. The van der Waals surface area contributed by atoms with Gasteiger partial charge in [0, 0.05) is 22.3 Å². The molecule has 0 aliphatic carbocycles. The Morgan fingerprint density at radius 2 is 0.667 bits per heavy atom. The summed E-state index contributed by atoms with van der Waals surface area (Å²) in [6, 6.07) is 30.3. The van der Waals surface area contributed by atoms with Gasteiger partial charge in [-0.15, -0.1) is 0 Å². The summed E-state index contributed by atoms with van der Waals surface area (Å²) in [5, 5.41) is 4.71. The Kier molecular flexibility index (Phi) is 6.18. The van der Waals surface area contributed by atoms with E-state index >= 15 is 0 Å². The van der Waals surface area contributed by atoms with Crippen LogP contribution in [-0.4, -0.2) is 0 Å². The molecule has 2 heteroatoms. The van der Waals surface area contributed by atoms with Crippen molar-refractivity contribution >= 4 is 0 Å². The Morgan fingerprint density at radius 1 is 0.375 bits per heavy atom. The smallest absolute Gasteiger partial charge is 0.101 e. The van der Waals surface area contributed by atoms with E-state index in [9.17, 15) is 0 Å². The normalized spacial score (nSPS) is 10.7. The Labute approximate surface area is 144 Å². The van der Waals surface area contributed by atoms with Crippen LogP contribution in [0.2, 0.25) is 0 Å². The molecule has 0 saturated heterocycles. The van der Waals surface area contributed by atoms with Crippen LogP contribution < -0.4 is 10.6 Å². The molecule has 24 heavy (non-hydrogen) atoms. The van der Waals surface area contributed by atoms with Gasteiger partial charge < -0.3 is 10.6 Å². The zero-order chi connectivity index (χ0) is 16.5. The quantitative estimate of drug-likeness (QED) is 0.638. The minimum absolute atomic E-state index is 1.03. The van der Waals surface area contributed by atoms with Crippen LogP contribution >= 0.6 is 0 Å². The van der Waals surface area contributed by atoms with Crippen molar-refractivity contribution in [2.45, 2.75) is 26.2 Å². The highest BCUT2D eigenvalue weighted by molar-refractivity contribution is 5.21. The second kappa shape index (κ2) is 9.02. The molecule has 0 saturated carbocycles. The third kappa shape index (κ3) is 5.34. The summed E-state index contributed by atoms with van der Waals surface area (Å²) in [6.07, 6.45) is 0. The monoisotopic (exact) mass is 318 g/mol. The van der Waals surface area contributed by atoms with Gasteiger partial charge in [-0.05, 0) is 0 Å². The van der Waals surface area contributed by atoms with Crippen LogP contribution in [-0.2, 0) is 26.2 Å². The first-order chi connectivity index (χ1) is 11.9. The van der Waals surface area contributed by atoms with Gasteiger partial charge in [0.25, 0.3) is 0 Å². The highest BCUT2D eigenvalue weighted by atomic mass is 14.9. The van der Waals surface area contributed by atoms with Crippen molar-refractivity contribution < 1.29 is 10.6 Å². The molecular weight excluding hydrogens is 292 g/mol. The first kappa shape index (κ1) is 16.4. The Bertz CT molecular complexity index is 641. The van der Waals surface area contributed by atoms with Crippen molar-refractivity contribution in [2.24, 2.45) is 0 Å². The van der Waals surface area contributed by atoms with Gasteiger partial charge in [-0.1, -0.05) is 84.9 Å². The fourth-order valence-corrected chi connectivity index (χ4v) is 2.85. The Balaban J connectivity index is 1.40. The van der Waals surface area contributed by atoms with Crippen LogP contribution in [0.1, 0.15) is 22.3 Å². The van der Waals surface area contributed by atoms with Gasteiger partial charge in [-0.2, -0.15) is 0 Å². The highest BCUT2D eigenvalue weighted by Gasteiger charge is 2.00. The maximum atomic E-state index is 2.35. The fraction of sp³-hybridized carbons (Fsp3) is 0.182. The van der Waals surface area contributed by atoms with Crippen molar-refractivity contribution in [3.05, 3.63) is 107 Å². The van der Waals surface area contributed by atoms with Crippen LogP contribution in [0.15, 0.2) is 84.9 Å². The summed E-state index contributed by atoms with van der Waals surface area (Å²) in [7, 11) is 0. The molecule has 122 valence electrons. The number of rotatable bonds is 8. The number of benzene rings is 3. The van der Waals surface area contributed by atoms with Crippen LogP contribution in [0.3, 0.4) is 0 Å². The number of nitrogens with two attached hydrogens (primary N) is 2. The summed E-state index contributed by atoms with van der Waals surface area (Å²) in [5.41, 5.74) is 5.53. The molecule has 0 unspecified atom stereocenters. The largest absolute Gasteiger partial charge is 0.339 e. The minimum atomic E-state index is 1.03. The first-order valence-corrected chi connectivity index (χ1v) is 8.69. The fourth-order valence-electron chi connectivity index (χ4n) is 2.85. The van der Waals surface area contributed by atoms with E-state index in [0.29, 0.717) is 0 Å². The van der Waals surface area contributed by atoms with Gasteiger partial charge in [0.15, 0.2) is 0 Å². The van der Waals surface area contributed by atoms with E-state index in [2.05, 4.69) is 95.6 Å². The summed E-state index contributed by atoms with van der Waals surface area (Å²) < 4.78 is 0. The predicted molar refractivity (Wildman–Crippen MR) is 98.0 cm³/mol. The van der Waals surface area contributed by atoms with Crippen LogP contribution in [0, 0.1) is 0 Å². The molecule has 0 aliphatic rings. The second-order valence-electron chi connectivity index (χ2n) is 6.18. The molecule has 3 aromatic carbocycles.